The maximum atomic E-state index is 12.5. The van der Waals surface area contributed by atoms with Crippen LogP contribution < -0.4 is 0 Å². The van der Waals surface area contributed by atoms with Crippen molar-refractivity contribution in [2.24, 2.45) is 4.99 Å². The van der Waals surface area contributed by atoms with E-state index in [2.05, 4.69) is 14.8 Å². The molecule has 0 atom stereocenters. The summed E-state index contributed by atoms with van der Waals surface area (Å²) in [5.41, 5.74) is 0.564. The predicted molar refractivity (Wildman–Crippen MR) is 86.4 cm³/mol. The predicted octanol–water partition coefficient (Wildman–Crippen LogP) is 2.26. The monoisotopic (exact) mass is 321 g/mol. The summed E-state index contributed by atoms with van der Waals surface area (Å²) >= 11 is 5.87. The number of morpholine rings is 1. The van der Waals surface area contributed by atoms with Crippen molar-refractivity contribution in [1.29, 1.82) is 0 Å². The van der Waals surface area contributed by atoms with Crippen LogP contribution in [0.1, 0.15) is 23.2 Å². The molecule has 0 unspecified atom stereocenters. The molecule has 0 saturated carbocycles. The highest BCUT2D eigenvalue weighted by Crippen LogP contribution is 2.15. The fraction of sp³-hybridized carbons (Fsp3) is 0.500. The number of hydrogen-bond acceptors (Lipinski definition) is 2. The van der Waals surface area contributed by atoms with Crippen LogP contribution >= 0.6 is 11.6 Å². The van der Waals surface area contributed by atoms with Gasteiger partial charge in [0.2, 0.25) is 5.96 Å². The Hall–Kier alpha value is -1.59. The molecule has 0 aliphatic carbocycles. The second-order valence-corrected chi connectivity index (χ2v) is 5.95. The van der Waals surface area contributed by atoms with Gasteiger partial charge in [-0.3, -0.25) is 4.79 Å². The summed E-state index contributed by atoms with van der Waals surface area (Å²) in [6.07, 6.45) is 2.30. The number of rotatable bonds is 1. The molecule has 1 amide bonds. The topological polar surface area (TPSA) is 45.1 Å². The number of ether oxygens (including phenoxy) is 1. The highest BCUT2D eigenvalue weighted by molar-refractivity contribution is 6.30. The van der Waals surface area contributed by atoms with E-state index in [1.165, 1.54) is 0 Å². The number of benzene rings is 1. The molecule has 2 aliphatic rings. The van der Waals surface area contributed by atoms with E-state index in [9.17, 15) is 4.79 Å². The smallest absolute Gasteiger partial charge is 0.280 e. The zero-order valence-corrected chi connectivity index (χ0v) is 13.3. The number of carbonyl (C=O) groups is 1. The van der Waals surface area contributed by atoms with Gasteiger partial charge in [-0.05, 0) is 37.1 Å². The molecular formula is C16H20ClN3O2. The van der Waals surface area contributed by atoms with Gasteiger partial charge in [0, 0.05) is 36.8 Å². The fourth-order valence-corrected chi connectivity index (χ4v) is 2.90. The van der Waals surface area contributed by atoms with Gasteiger partial charge in [0.1, 0.15) is 0 Å². The number of halogens is 1. The maximum Gasteiger partial charge on any atom is 0.280 e. The van der Waals surface area contributed by atoms with Gasteiger partial charge in [-0.25, -0.2) is 0 Å². The summed E-state index contributed by atoms with van der Waals surface area (Å²) in [7, 11) is 0. The van der Waals surface area contributed by atoms with Crippen molar-refractivity contribution in [1.82, 2.24) is 9.80 Å². The third-order valence-corrected chi connectivity index (χ3v) is 4.23. The summed E-state index contributed by atoms with van der Waals surface area (Å²) in [5.74, 6) is 0.575. The van der Waals surface area contributed by atoms with E-state index in [4.69, 9.17) is 16.3 Å². The summed E-state index contributed by atoms with van der Waals surface area (Å²) < 4.78 is 5.40. The lowest BCUT2D eigenvalue weighted by atomic mass is 10.2. The molecule has 5 nitrogen and oxygen atoms in total. The van der Waals surface area contributed by atoms with Crippen LogP contribution in [-0.2, 0) is 4.74 Å². The minimum Gasteiger partial charge on any atom is -0.378 e. The first-order valence-corrected chi connectivity index (χ1v) is 8.08. The highest BCUT2D eigenvalue weighted by Gasteiger charge is 2.24. The zero-order chi connectivity index (χ0) is 15.4. The molecule has 2 aliphatic heterocycles. The van der Waals surface area contributed by atoms with Gasteiger partial charge < -0.3 is 14.5 Å². The van der Waals surface area contributed by atoms with E-state index >= 15 is 0 Å². The Balaban J connectivity index is 1.83. The number of hydrogen-bond donors (Lipinski definition) is 0. The molecule has 0 radical (unpaired) electrons. The highest BCUT2D eigenvalue weighted by atomic mass is 35.5. The van der Waals surface area contributed by atoms with Crippen LogP contribution in [0.3, 0.4) is 0 Å². The molecule has 0 N–H and O–H groups in total. The summed E-state index contributed by atoms with van der Waals surface area (Å²) in [6.45, 7) is 4.85. The van der Waals surface area contributed by atoms with Crippen molar-refractivity contribution in [3.63, 3.8) is 0 Å². The lowest BCUT2D eigenvalue weighted by molar-refractivity contribution is 0.0625. The van der Waals surface area contributed by atoms with Crippen LogP contribution in [0.15, 0.2) is 29.3 Å². The van der Waals surface area contributed by atoms with Crippen LogP contribution in [-0.4, -0.2) is 61.1 Å². The quantitative estimate of drug-likeness (QED) is 0.588. The van der Waals surface area contributed by atoms with E-state index in [1.807, 2.05) is 0 Å². The minimum absolute atomic E-state index is 0.218. The third-order valence-electron chi connectivity index (χ3n) is 3.98. The average Bonchev–Trinajstić information content (AvgIpc) is 3.08. The lowest BCUT2D eigenvalue weighted by Crippen LogP contribution is -2.48. The van der Waals surface area contributed by atoms with E-state index in [1.54, 1.807) is 24.3 Å². The Morgan fingerprint density at radius 3 is 2.23 bits per heavy atom. The van der Waals surface area contributed by atoms with Crippen molar-refractivity contribution < 1.29 is 9.53 Å². The van der Waals surface area contributed by atoms with Gasteiger partial charge in [0.05, 0.1) is 13.2 Å². The molecule has 2 fully saturated rings. The van der Waals surface area contributed by atoms with Gasteiger partial charge in [0.15, 0.2) is 0 Å². The third kappa shape index (κ3) is 3.59. The Labute approximate surface area is 135 Å². The van der Waals surface area contributed by atoms with Crippen molar-refractivity contribution >= 4 is 23.5 Å². The molecule has 1 aromatic carbocycles. The average molecular weight is 322 g/mol. The van der Waals surface area contributed by atoms with Crippen molar-refractivity contribution in [3.05, 3.63) is 34.9 Å². The molecular weight excluding hydrogens is 302 g/mol. The maximum absolute atomic E-state index is 12.5. The van der Waals surface area contributed by atoms with Gasteiger partial charge in [-0.1, -0.05) is 11.6 Å². The van der Waals surface area contributed by atoms with Gasteiger partial charge in [-0.2, -0.15) is 4.99 Å². The second-order valence-electron chi connectivity index (χ2n) is 5.52. The minimum atomic E-state index is -0.218. The fourth-order valence-electron chi connectivity index (χ4n) is 2.77. The standard InChI is InChI=1S/C16H20ClN3O2/c17-14-5-3-13(4-6-14)15(21)18-16(19-7-1-2-8-19)20-9-11-22-12-10-20/h3-6H,1-2,7-12H2. The summed E-state index contributed by atoms with van der Waals surface area (Å²) in [6, 6.07) is 6.87. The molecule has 2 saturated heterocycles. The largest absolute Gasteiger partial charge is 0.378 e. The van der Waals surface area contributed by atoms with Crippen molar-refractivity contribution in [3.8, 4) is 0 Å². The van der Waals surface area contributed by atoms with E-state index in [0.717, 1.165) is 45.0 Å². The normalized spacial score (nSPS) is 19.6. The molecule has 1 aromatic rings. The Morgan fingerprint density at radius 2 is 1.59 bits per heavy atom. The first kappa shape index (κ1) is 15.3. The van der Waals surface area contributed by atoms with Crippen molar-refractivity contribution in [2.45, 2.75) is 12.8 Å². The summed E-state index contributed by atoms with van der Waals surface area (Å²) in [5, 5.41) is 0.619. The SMILES string of the molecule is O=C(N=C(N1CCCC1)N1CCOCC1)c1ccc(Cl)cc1. The number of aliphatic imine (C=N–C) groups is 1. The lowest BCUT2D eigenvalue weighted by Gasteiger charge is -2.34. The molecule has 0 bridgehead atoms. The molecule has 0 aromatic heterocycles. The van der Waals surface area contributed by atoms with Crippen LogP contribution in [0.5, 0.6) is 0 Å². The van der Waals surface area contributed by atoms with E-state index < -0.39 is 0 Å². The first-order valence-electron chi connectivity index (χ1n) is 7.70. The van der Waals surface area contributed by atoms with Crippen LogP contribution in [0.4, 0.5) is 0 Å². The van der Waals surface area contributed by atoms with Gasteiger partial charge in [0.25, 0.3) is 5.91 Å². The molecule has 0 spiro atoms. The first-order chi connectivity index (χ1) is 10.7. The second kappa shape index (κ2) is 7.11. The van der Waals surface area contributed by atoms with Crippen LogP contribution in [0.25, 0.3) is 0 Å². The van der Waals surface area contributed by atoms with Gasteiger partial charge >= 0.3 is 0 Å². The molecule has 6 heteroatoms. The van der Waals surface area contributed by atoms with Crippen LogP contribution in [0, 0.1) is 0 Å². The zero-order valence-electron chi connectivity index (χ0n) is 12.5. The Bertz CT molecular complexity index is 547. The van der Waals surface area contributed by atoms with E-state index in [-0.39, 0.29) is 5.91 Å². The Kier molecular flexibility index (Phi) is 4.95. The molecule has 3 rings (SSSR count). The number of nitrogens with zero attached hydrogens (tertiary/aromatic N) is 3. The van der Waals surface area contributed by atoms with Crippen molar-refractivity contribution in [2.75, 3.05) is 39.4 Å². The van der Waals surface area contributed by atoms with Crippen LogP contribution in [0.2, 0.25) is 5.02 Å². The molecule has 22 heavy (non-hydrogen) atoms. The Morgan fingerprint density at radius 1 is 1.00 bits per heavy atom. The summed E-state index contributed by atoms with van der Waals surface area (Å²) in [4.78, 5) is 21.2. The number of carbonyl (C=O) groups excluding carboxylic acids is 1. The number of amides is 1. The number of likely N-dealkylation sites (tertiary alicyclic amines) is 1. The molecule has 118 valence electrons. The van der Waals surface area contributed by atoms with E-state index in [0.29, 0.717) is 23.8 Å². The molecule has 2 heterocycles. The van der Waals surface area contributed by atoms with Gasteiger partial charge in [-0.15, -0.1) is 0 Å². The number of guanidine groups is 1.